The third-order valence-electron chi connectivity index (χ3n) is 3.92. The summed E-state index contributed by atoms with van der Waals surface area (Å²) in [5.41, 5.74) is 0. The van der Waals surface area contributed by atoms with Crippen LogP contribution in [0.15, 0.2) is 0 Å². The molecule has 1 saturated carbocycles. The smallest absolute Gasteiger partial charge is 0.00974 e. The number of nitrogens with zero attached hydrogens (tertiary/aromatic N) is 1. The monoisotopic (exact) mass is 196 g/mol. The molecule has 2 heteroatoms. The number of hydrogen-bond donors (Lipinski definition) is 1. The van der Waals surface area contributed by atoms with Crippen molar-refractivity contribution in [1.29, 1.82) is 0 Å². The standard InChI is InChI=1S/C12H24N2/c1-10-6-12(7-10)14(2)9-11-4-3-5-13-8-11/h10-13H,3-9H2,1-2H3. The van der Waals surface area contributed by atoms with Gasteiger partial charge < -0.3 is 10.2 Å². The summed E-state index contributed by atoms with van der Waals surface area (Å²) >= 11 is 0. The van der Waals surface area contributed by atoms with E-state index in [1.165, 1.54) is 45.3 Å². The van der Waals surface area contributed by atoms with Gasteiger partial charge in [-0.05, 0) is 57.7 Å². The predicted molar refractivity (Wildman–Crippen MR) is 60.4 cm³/mol. The number of rotatable bonds is 3. The minimum Gasteiger partial charge on any atom is -0.316 e. The van der Waals surface area contributed by atoms with Crippen LogP contribution < -0.4 is 5.32 Å². The van der Waals surface area contributed by atoms with Crippen molar-refractivity contribution in [3.05, 3.63) is 0 Å². The highest BCUT2D eigenvalue weighted by atomic mass is 15.1. The fourth-order valence-electron chi connectivity index (χ4n) is 2.86. The van der Waals surface area contributed by atoms with Crippen LogP contribution in [0.3, 0.4) is 0 Å². The van der Waals surface area contributed by atoms with Gasteiger partial charge in [0.25, 0.3) is 0 Å². The molecule has 0 radical (unpaired) electrons. The summed E-state index contributed by atoms with van der Waals surface area (Å²) in [7, 11) is 2.31. The molecule has 0 aromatic carbocycles. The van der Waals surface area contributed by atoms with Crippen LogP contribution in [0, 0.1) is 11.8 Å². The Balaban J connectivity index is 1.68. The first-order valence-corrected chi connectivity index (χ1v) is 6.16. The summed E-state index contributed by atoms with van der Waals surface area (Å²) in [6.07, 6.45) is 5.66. The molecule has 82 valence electrons. The lowest BCUT2D eigenvalue weighted by Crippen LogP contribution is -2.46. The summed E-state index contributed by atoms with van der Waals surface area (Å²) in [5, 5.41) is 3.50. The summed E-state index contributed by atoms with van der Waals surface area (Å²) < 4.78 is 0. The zero-order valence-corrected chi connectivity index (χ0v) is 9.63. The lowest BCUT2D eigenvalue weighted by atomic mass is 9.80. The molecular weight excluding hydrogens is 172 g/mol. The summed E-state index contributed by atoms with van der Waals surface area (Å²) in [6.45, 7) is 6.16. The second kappa shape index (κ2) is 4.63. The lowest BCUT2D eigenvalue weighted by molar-refractivity contribution is 0.0908. The van der Waals surface area contributed by atoms with E-state index in [1.807, 2.05) is 0 Å². The van der Waals surface area contributed by atoms with E-state index in [1.54, 1.807) is 0 Å². The van der Waals surface area contributed by atoms with Crippen molar-refractivity contribution < 1.29 is 0 Å². The van der Waals surface area contributed by atoms with Crippen molar-refractivity contribution >= 4 is 0 Å². The first-order valence-electron chi connectivity index (χ1n) is 6.16. The Morgan fingerprint density at radius 1 is 1.36 bits per heavy atom. The first kappa shape index (κ1) is 10.4. The fourth-order valence-corrected chi connectivity index (χ4v) is 2.86. The molecule has 14 heavy (non-hydrogen) atoms. The van der Waals surface area contributed by atoms with Crippen molar-refractivity contribution in [2.24, 2.45) is 11.8 Å². The number of hydrogen-bond acceptors (Lipinski definition) is 2. The molecule has 1 N–H and O–H groups in total. The van der Waals surface area contributed by atoms with Gasteiger partial charge in [0.15, 0.2) is 0 Å². The van der Waals surface area contributed by atoms with E-state index in [4.69, 9.17) is 0 Å². The van der Waals surface area contributed by atoms with E-state index in [0.29, 0.717) is 0 Å². The molecule has 1 atom stereocenters. The number of piperidine rings is 1. The molecule has 0 amide bonds. The largest absolute Gasteiger partial charge is 0.316 e. The van der Waals surface area contributed by atoms with Crippen molar-refractivity contribution in [3.63, 3.8) is 0 Å². The second-order valence-corrected chi connectivity index (χ2v) is 5.38. The van der Waals surface area contributed by atoms with Crippen molar-refractivity contribution in [2.75, 3.05) is 26.7 Å². The first-order chi connectivity index (χ1) is 6.75. The molecule has 1 unspecified atom stereocenters. The van der Waals surface area contributed by atoms with Crippen LogP contribution in [0.1, 0.15) is 32.6 Å². The van der Waals surface area contributed by atoms with Crippen LogP contribution in [0.25, 0.3) is 0 Å². The van der Waals surface area contributed by atoms with Crippen molar-refractivity contribution in [1.82, 2.24) is 10.2 Å². The summed E-state index contributed by atoms with van der Waals surface area (Å²) in [4.78, 5) is 2.59. The van der Waals surface area contributed by atoms with Gasteiger partial charge in [-0.25, -0.2) is 0 Å². The zero-order chi connectivity index (χ0) is 9.97. The maximum absolute atomic E-state index is 3.50. The molecule has 2 aliphatic rings. The van der Waals surface area contributed by atoms with Crippen LogP contribution in [-0.4, -0.2) is 37.6 Å². The minimum absolute atomic E-state index is 0.895. The second-order valence-electron chi connectivity index (χ2n) is 5.38. The highest BCUT2D eigenvalue weighted by Gasteiger charge is 2.29. The lowest BCUT2D eigenvalue weighted by Gasteiger charge is -2.41. The molecule has 0 aromatic heterocycles. The molecule has 2 rings (SSSR count). The summed E-state index contributed by atoms with van der Waals surface area (Å²) in [6, 6.07) is 0.895. The Morgan fingerprint density at radius 3 is 2.71 bits per heavy atom. The van der Waals surface area contributed by atoms with Gasteiger partial charge in [0.2, 0.25) is 0 Å². The fraction of sp³-hybridized carbons (Fsp3) is 1.00. The van der Waals surface area contributed by atoms with Gasteiger partial charge in [-0.1, -0.05) is 6.92 Å². The van der Waals surface area contributed by atoms with Crippen molar-refractivity contribution in [3.8, 4) is 0 Å². The molecule has 0 spiro atoms. The molecule has 1 heterocycles. The van der Waals surface area contributed by atoms with Crippen molar-refractivity contribution in [2.45, 2.75) is 38.6 Å². The van der Waals surface area contributed by atoms with Crippen LogP contribution in [-0.2, 0) is 0 Å². The molecule has 0 aromatic rings. The third-order valence-corrected chi connectivity index (χ3v) is 3.92. The zero-order valence-electron chi connectivity index (χ0n) is 9.63. The highest BCUT2D eigenvalue weighted by molar-refractivity contribution is 4.85. The topological polar surface area (TPSA) is 15.3 Å². The van der Waals surface area contributed by atoms with Crippen LogP contribution in [0.4, 0.5) is 0 Å². The van der Waals surface area contributed by atoms with E-state index in [2.05, 4.69) is 24.2 Å². The maximum Gasteiger partial charge on any atom is 0.00974 e. The molecule has 2 nitrogen and oxygen atoms in total. The highest BCUT2D eigenvalue weighted by Crippen LogP contribution is 2.30. The Morgan fingerprint density at radius 2 is 2.14 bits per heavy atom. The van der Waals surface area contributed by atoms with Gasteiger partial charge in [-0.2, -0.15) is 0 Å². The van der Waals surface area contributed by atoms with Gasteiger partial charge in [-0.3, -0.25) is 0 Å². The predicted octanol–water partition coefficient (Wildman–Crippen LogP) is 1.72. The minimum atomic E-state index is 0.895. The van der Waals surface area contributed by atoms with E-state index >= 15 is 0 Å². The Bertz CT molecular complexity index is 169. The van der Waals surface area contributed by atoms with Gasteiger partial charge in [0.1, 0.15) is 0 Å². The molecule has 2 fully saturated rings. The van der Waals surface area contributed by atoms with E-state index in [0.717, 1.165) is 17.9 Å². The molecule has 1 aliphatic carbocycles. The SMILES string of the molecule is CC1CC(N(C)CC2CCCNC2)C1. The average molecular weight is 196 g/mol. The van der Waals surface area contributed by atoms with Crippen LogP contribution in [0.2, 0.25) is 0 Å². The van der Waals surface area contributed by atoms with Gasteiger partial charge >= 0.3 is 0 Å². The van der Waals surface area contributed by atoms with Crippen LogP contribution >= 0.6 is 0 Å². The Hall–Kier alpha value is -0.0800. The van der Waals surface area contributed by atoms with E-state index in [9.17, 15) is 0 Å². The molecule has 1 aliphatic heterocycles. The molecular formula is C12H24N2. The van der Waals surface area contributed by atoms with E-state index < -0.39 is 0 Å². The maximum atomic E-state index is 3.50. The third kappa shape index (κ3) is 2.48. The van der Waals surface area contributed by atoms with E-state index in [-0.39, 0.29) is 0 Å². The number of nitrogens with one attached hydrogen (secondary N) is 1. The average Bonchev–Trinajstić information content (AvgIpc) is 2.14. The van der Waals surface area contributed by atoms with Crippen LogP contribution in [0.5, 0.6) is 0 Å². The quantitative estimate of drug-likeness (QED) is 0.739. The Kier molecular flexibility index (Phi) is 3.45. The van der Waals surface area contributed by atoms with Gasteiger partial charge in [0.05, 0.1) is 0 Å². The summed E-state index contributed by atoms with van der Waals surface area (Å²) in [5.74, 6) is 1.89. The molecule has 0 bridgehead atoms. The normalized spacial score (nSPS) is 38.4. The van der Waals surface area contributed by atoms with Gasteiger partial charge in [-0.15, -0.1) is 0 Å². The Labute approximate surface area is 88.1 Å². The van der Waals surface area contributed by atoms with Gasteiger partial charge in [0, 0.05) is 12.6 Å². The molecule has 1 saturated heterocycles.